The van der Waals surface area contributed by atoms with Crippen molar-refractivity contribution in [3.63, 3.8) is 0 Å². The van der Waals surface area contributed by atoms with E-state index in [1.165, 1.54) is 34.4 Å². The van der Waals surface area contributed by atoms with Gasteiger partial charge in [-0.2, -0.15) is 47.9 Å². The molecule has 0 unspecified atom stereocenters. The predicted octanol–water partition coefficient (Wildman–Crippen LogP) is 9.14. The van der Waals surface area contributed by atoms with Gasteiger partial charge >= 0.3 is 21.7 Å². The zero-order valence-corrected chi connectivity index (χ0v) is 21.9. The van der Waals surface area contributed by atoms with E-state index in [0.29, 0.717) is 0 Å². The van der Waals surface area contributed by atoms with Gasteiger partial charge in [-0.05, 0) is 0 Å². The molecule has 0 fully saturated rings. The van der Waals surface area contributed by atoms with Crippen LogP contribution in [-0.4, -0.2) is 9.52 Å². The maximum atomic E-state index is 3.60. The summed E-state index contributed by atoms with van der Waals surface area (Å²) in [4.78, 5) is 0. The SMILES string of the molecule is C[Si]C.[CH2-]CCC.[CH2-]CCC.[Ti+4].c1ccc2[cH-]ccc2c1.c1ccc2[cH-]ccc2c1. The summed E-state index contributed by atoms with van der Waals surface area (Å²) in [5, 5.41) is 5.32. The fourth-order valence-corrected chi connectivity index (χ4v) is 2.14. The van der Waals surface area contributed by atoms with E-state index in [1.54, 1.807) is 0 Å². The molecule has 2 heteroatoms. The molecule has 0 N–H and O–H groups in total. The Labute approximate surface area is 203 Å². The normalized spacial score (nSPS) is 8.73. The molecule has 4 aromatic rings. The summed E-state index contributed by atoms with van der Waals surface area (Å²) in [6.45, 7) is 15.7. The molecule has 0 saturated carbocycles. The van der Waals surface area contributed by atoms with Crippen LogP contribution in [0.2, 0.25) is 13.1 Å². The number of rotatable bonds is 2. The molecular weight excluding hydrogens is 412 g/mol. The van der Waals surface area contributed by atoms with E-state index in [0.717, 1.165) is 22.4 Å². The number of fused-ring (bicyclic) bond motifs is 2. The smallest absolute Gasteiger partial charge is 0.343 e. The van der Waals surface area contributed by atoms with E-state index in [-0.39, 0.29) is 21.7 Å². The average molecular weight is 451 g/mol. The van der Waals surface area contributed by atoms with Crippen molar-refractivity contribution in [3.05, 3.63) is 98.8 Å². The van der Waals surface area contributed by atoms with Gasteiger partial charge in [-0.25, -0.2) is 0 Å². The second-order valence-electron chi connectivity index (χ2n) is 6.52. The molecule has 0 aliphatic carbocycles. The molecule has 2 radical (unpaired) electrons. The monoisotopic (exact) mass is 450 g/mol. The summed E-state index contributed by atoms with van der Waals surface area (Å²) >= 11 is 0. The maximum absolute atomic E-state index is 3.60. The summed E-state index contributed by atoms with van der Waals surface area (Å²) < 4.78 is 0. The molecule has 0 spiro atoms. The molecular formula is C28H38SiTi. The second kappa shape index (κ2) is 22.3. The first-order chi connectivity index (χ1) is 14.2. The molecule has 4 rings (SSSR count). The quantitative estimate of drug-likeness (QED) is 0.211. The van der Waals surface area contributed by atoms with E-state index < -0.39 is 0 Å². The van der Waals surface area contributed by atoms with Gasteiger partial charge in [0.1, 0.15) is 0 Å². The van der Waals surface area contributed by atoms with Crippen molar-refractivity contribution in [3.8, 4) is 0 Å². The Hall–Kier alpha value is -1.41. The van der Waals surface area contributed by atoms with Gasteiger partial charge in [0.15, 0.2) is 0 Å². The molecule has 0 aliphatic heterocycles. The Balaban J connectivity index is 0. The molecule has 0 nitrogen and oxygen atoms in total. The van der Waals surface area contributed by atoms with Crippen LogP contribution < -0.4 is 0 Å². The van der Waals surface area contributed by atoms with Crippen molar-refractivity contribution in [1.29, 1.82) is 0 Å². The molecule has 30 heavy (non-hydrogen) atoms. The summed E-state index contributed by atoms with van der Waals surface area (Å²) in [6, 6.07) is 29.3. The Morgan fingerprint density at radius 1 is 0.667 bits per heavy atom. The summed E-state index contributed by atoms with van der Waals surface area (Å²) in [5.74, 6) is 0. The van der Waals surface area contributed by atoms with Crippen LogP contribution in [0.4, 0.5) is 0 Å². The topological polar surface area (TPSA) is 0 Å². The van der Waals surface area contributed by atoms with Gasteiger partial charge < -0.3 is 13.8 Å². The second-order valence-corrected chi connectivity index (χ2v) is 7.52. The third kappa shape index (κ3) is 14.6. The minimum atomic E-state index is 0. The first-order valence-corrected chi connectivity index (χ1v) is 12.6. The van der Waals surface area contributed by atoms with Crippen molar-refractivity contribution in [2.24, 2.45) is 0 Å². The van der Waals surface area contributed by atoms with Crippen LogP contribution in [0, 0.1) is 13.8 Å². The summed E-state index contributed by atoms with van der Waals surface area (Å²) in [7, 11) is 1.08. The molecule has 0 bridgehead atoms. The molecule has 4 aromatic carbocycles. The number of unbranched alkanes of at least 4 members (excludes halogenated alkanes) is 2. The average Bonchev–Trinajstić information content (AvgIpc) is 3.44. The van der Waals surface area contributed by atoms with E-state index in [2.05, 4.69) is 126 Å². The van der Waals surface area contributed by atoms with Crippen molar-refractivity contribution >= 4 is 31.1 Å². The molecule has 0 atom stereocenters. The fraction of sp³-hybridized carbons (Fsp3) is 0.286. The third-order valence-electron chi connectivity index (χ3n) is 3.80. The van der Waals surface area contributed by atoms with Gasteiger partial charge in [0.25, 0.3) is 0 Å². The Morgan fingerprint density at radius 2 is 0.967 bits per heavy atom. The van der Waals surface area contributed by atoms with Crippen molar-refractivity contribution in [2.75, 3.05) is 0 Å². The zero-order chi connectivity index (χ0) is 21.7. The van der Waals surface area contributed by atoms with Crippen LogP contribution in [-0.2, 0) is 21.7 Å². The van der Waals surface area contributed by atoms with E-state index in [9.17, 15) is 0 Å². The van der Waals surface area contributed by atoms with Crippen molar-refractivity contribution < 1.29 is 21.7 Å². The van der Waals surface area contributed by atoms with Crippen LogP contribution in [0.1, 0.15) is 39.5 Å². The van der Waals surface area contributed by atoms with E-state index >= 15 is 0 Å². The van der Waals surface area contributed by atoms with Crippen molar-refractivity contribution in [2.45, 2.75) is 52.6 Å². The van der Waals surface area contributed by atoms with Crippen LogP contribution in [0.3, 0.4) is 0 Å². The van der Waals surface area contributed by atoms with Crippen LogP contribution >= 0.6 is 0 Å². The summed E-state index contributed by atoms with van der Waals surface area (Å²) in [5.41, 5.74) is 0. The van der Waals surface area contributed by atoms with Crippen LogP contribution in [0.25, 0.3) is 21.5 Å². The first kappa shape index (κ1) is 30.8. The van der Waals surface area contributed by atoms with Gasteiger partial charge in [0.2, 0.25) is 0 Å². The molecule has 0 aliphatic rings. The molecule has 158 valence electrons. The van der Waals surface area contributed by atoms with E-state index in [4.69, 9.17) is 0 Å². The van der Waals surface area contributed by atoms with Crippen LogP contribution in [0.15, 0.2) is 84.9 Å². The molecule has 0 aromatic heterocycles. The number of hydrogen-bond donors (Lipinski definition) is 0. The third-order valence-corrected chi connectivity index (χ3v) is 3.80. The minimum Gasteiger partial charge on any atom is -0.343 e. The standard InChI is InChI=1S/2C9H7.2C4H9.C2H6Si.Ti/c2*1-2-5-9-7-3-6-8(9)4-1;2*1-3-4-2;1-3-2;/h2*1-7H;2*1,3-4H2,2H3;1-2H3;/q4*-1;;+4. The van der Waals surface area contributed by atoms with E-state index in [1.807, 2.05) is 0 Å². The predicted molar refractivity (Wildman–Crippen MR) is 137 cm³/mol. The Morgan fingerprint density at radius 3 is 1.23 bits per heavy atom. The maximum Gasteiger partial charge on any atom is 4.00 e. The van der Waals surface area contributed by atoms with Gasteiger partial charge in [0.05, 0.1) is 0 Å². The zero-order valence-electron chi connectivity index (χ0n) is 19.3. The van der Waals surface area contributed by atoms with Gasteiger partial charge in [-0.3, -0.25) is 0 Å². The number of benzene rings is 2. The van der Waals surface area contributed by atoms with Gasteiger partial charge in [0, 0.05) is 9.52 Å². The van der Waals surface area contributed by atoms with Gasteiger partial charge in [-0.1, -0.05) is 51.9 Å². The minimum absolute atomic E-state index is 0. The largest absolute Gasteiger partial charge is 4.00 e. The molecule has 0 heterocycles. The Bertz CT molecular complexity index is 694. The Kier molecular flexibility index (Phi) is 22.9. The molecule has 0 saturated heterocycles. The van der Waals surface area contributed by atoms with Crippen LogP contribution in [0.5, 0.6) is 0 Å². The van der Waals surface area contributed by atoms with Crippen molar-refractivity contribution in [1.82, 2.24) is 0 Å². The summed E-state index contributed by atoms with van der Waals surface area (Å²) in [6.07, 6.45) is 4.56. The fourth-order valence-electron chi connectivity index (χ4n) is 2.14. The first-order valence-electron chi connectivity index (χ1n) is 10.6. The molecule has 0 amide bonds. The number of hydrogen-bond acceptors (Lipinski definition) is 0. The van der Waals surface area contributed by atoms with Gasteiger partial charge in [-0.15, -0.1) is 59.3 Å².